The van der Waals surface area contributed by atoms with E-state index in [1.807, 2.05) is 36.4 Å². The number of aliphatic hydroxyl groups is 2. The molecule has 0 saturated carbocycles. The van der Waals surface area contributed by atoms with Gasteiger partial charge in [0.05, 0.1) is 11.8 Å². The summed E-state index contributed by atoms with van der Waals surface area (Å²) in [7, 11) is 1.60. The van der Waals surface area contributed by atoms with E-state index < -0.39 is 6.10 Å². The fourth-order valence-electron chi connectivity index (χ4n) is 4.98. The lowest BCUT2D eigenvalue weighted by molar-refractivity contribution is -0.126. The van der Waals surface area contributed by atoms with Gasteiger partial charge >= 0.3 is 0 Å². The fraction of sp³-hybridized carbons (Fsp3) is 0.357. The predicted octanol–water partition coefficient (Wildman–Crippen LogP) is 3.00. The van der Waals surface area contributed by atoms with Crippen LogP contribution in [0.5, 0.6) is 0 Å². The van der Waals surface area contributed by atoms with Crippen LogP contribution in [-0.2, 0) is 16.0 Å². The maximum atomic E-state index is 12.1. The molecule has 7 nitrogen and oxygen atoms in total. The molecule has 1 aliphatic carbocycles. The lowest BCUT2D eigenvalue weighted by atomic mass is 10.0. The summed E-state index contributed by atoms with van der Waals surface area (Å²) in [4.78, 5) is 23.6. The summed E-state index contributed by atoms with van der Waals surface area (Å²) in [6.07, 6.45) is 1.41. The molecule has 2 unspecified atom stereocenters. The molecule has 35 heavy (non-hydrogen) atoms. The first-order valence-electron chi connectivity index (χ1n) is 12.1. The Hall–Kier alpha value is -3.26. The smallest absolute Gasteiger partial charge is 0.260 e. The Morgan fingerprint density at radius 2 is 1.60 bits per heavy atom. The lowest BCUT2D eigenvalue weighted by Gasteiger charge is -2.32. The zero-order chi connectivity index (χ0) is 24.9. The molecule has 1 fully saturated rings. The number of anilines is 1. The van der Waals surface area contributed by atoms with Crippen LogP contribution in [0, 0.1) is 0 Å². The number of para-hydroxylation sites is 1. The average molecular weight is 476 g/mol. The van der Waals surface area contributed by atoms with Crippen LogP contribution in [-0.4, -0.2) is 48.2 Å². The van der Waals surface area contributed by atoms with E-state index in [0.717, 1.165) is 49.2 Å². The predicted molar refractivity (Wildman–Crippen MR) is 137 cm³/mol. The summed E-state index contributed by atoms with van der Waals surface area (Å²) in [5, 5.41) is 27.9. The Morgan fingerprint density at radius 3 is 2.29 bits per heavy atom. The highest BCUT2D eigenvalue weighted by Crippen LogP contribution is 2.38. The first kappa shape index (κ1) is 24.9. The summed E-state index contributed by atoms with van der Waals surface area (Å²) in [5.41, 5.74) is 4.00. The van der Waals surface area contributed by atoms with E-state index in [1.54, 1.807) is 11.9 Å². The van der Waals surface area contributed by atoms with E-state index in [0.29, 0.717) is 0 Å². The minimum atomic E-state index is -0.971. The van der Waals surface area contributed by atoms with Gasteiger partial charge in [-0.05, 0) is 53.9 Å². The Kier molecular flexibility index (Phi) is 7.80. The van der Waals surface area contributed by atoms with Crippen LogP contribution in [0.15, 0.2) is 60.7 Å². The molecule has 3 aromatic carbocycles. The Balaban J connectivity index is 0.000000142. The highest BCUT2D eigenvalue weighted by atomic mass is 16.3. The van der Waals surface area contributed by atoms with Gasteiger partial charge in [-0.3, -0.25) is 9.59 Å². The number of carbonyl (C=O) groups is 2. The minimum absolute atomic E-state index is 0.00463. The van der Waals surface area contributed by atoms with Gasteiger partial charge in [-0.25, -0.2) is 0 Å². The van der Waals surface area contributed by atoms with Gasteiger partial charge in [0.2, 0.25) is 5.91 Å². The molecule has 3 aromatic rings. The van der Waals surface area contributed by atoms with Crippen molar-refractivity contribution in [1.29, 1.82) is 0 Å². The van der Waals surface area contributed by atoms with Crippen molar-refractivity contribution in [3.8, 4) is 0 Å². The Labute approximate surface area is 205 Å². The number of piperidine rings is 1. The highest BCUT2D eigenvalue weighted by Gasteiger charge is 2.39. The monoisotopic (exact) mass is 475 g/mol. The number of rotatable bonds is 1. The second kappa shape index (κ2) is 11.0. The molecule has 0 radical (unpaired) electrons. The van der Waals surface area contributed by atoms with Crippen molar-refractivity contribution in [3.63, 3.8) is 0 Å². The van der Waals surface area contributed by atoms with E-state index in [1.165, 1.54) is 23.3 Å². The van der Waals surface area contributed by atoms with Crippen LogP contribution in [0.4, 0.5) is 5.69 Å². The van der Waals surface area contributed by atoms with Crippen molar-refractivity contribution < 1.29 is 19.8 Å². The molecular formula is C28H33N3O4. The lowest BCUT2D eigenvalue weighted by Crippen LogP contribution is -2.45. The zero-order valence-electron chi connectivity index (χ0n) is 20.2. The van der Waals surface area contributed by atoms with Crippen LogP contribution in [0.1, 0.15) is 48.7 Å². The molecule has 4 N–H and O–H groups in total. The SMILES string of the molecule is CNC(C)=O.O=C1C(O)c2ccccc2N1C1CCNCC1.OC1Cc2cccc3cccc1c23. The summed E-state index contributed by atoms with van der Waals surface area (Å²) in [5.74, 6) is -0.164. The topological polar surface area (TPSA) is 102 Å². The molecule has 2 atom stereocenters. The van der Waals surface area contributed by atoms with Crippen LogP contribution in [0.2, 0.25) is 0 Å². The molecule has 184 valence electrons. The van der Waals surface area contributed by atoms with Gasteiger partial charge in [-0.15, -0.1) is 0 Å². The van der Waals surface area contributed by atoms with Gasteiger partial charge in [0.1, 0.15) is 0 Å². The van der Waals surface area contributed by atoms with Gasteiger partial charge < -0.3 is 25.7 Å². The molecule has 2 heterocycles. The quantitative estimate of drug-likeness (QED) is 0.433. The van der Waals surface area contributed by atoms with Crippen molar-refractivity contribution in [1.82, 2.24) is 10.6 Å². The van der Waals surface area contributed by atoms with Crippen molar-refractivity contribution in [3.05, 3.63) is 77.4 Å². The normalized spacial score (nSPS) is 20.5. The third-order valence-corrected chi connectivity index (χ3v) is 6.78. The van der Waals surface area contributed by atoms with Crippen LogP contribution in [0.25, 0.3) is 10.8 Å². The van der Waals surface area contributed by atoms with Gasteiger partial charge in [0.15, 0.2) is 6.10 Å². The summed E-state index contributed by atoms with van der Waals surface area (Å²) in [6, 6.07) is 20.1. The van der Waals surface area contributed by atoms with Gasteiger partial charge in [-0.1, -0.05) is 54.6 Å². The average Bonchev–Trinajstić information content (AvgIpc) is 3.35. The molecule has 3 aliphatic rings. The molecule has 0 aromatic heterocycles. The standard InChI is InChI=1S/C13H16N2O2.C12H10O.C3H7NO/c16-12-10-3-1-2-4-11(10)15(13(12)17)9-5-7-14-8-6-9;13-11-7-9-5-1-3-8-4-2-6-10(11)12(8)9;1-3(5)4-2/h1-4,9,12,14,16H,5-8H2;1-6,11,13H,7H2;1-2H3,(H,4,5). The Bertz CT molecular complexity index is 1200. The van der Waals surface area contributed by atoms with Gasteiger partial charge in [0, 0.05) is 32.0 Å². The van der Waals surface area contributed by atoms with Crippen LogP contribution >= 0.6 is 0 Å². The molecule has 2 amide bonds. The van der Waals surface area contributed by atoms with Crippen molar-refractivity contribution in [2.45, 2.75) is 44.4 Å². The van der Waals surface area contributed by atoms with E-state index >= 15 is 0 Å². The van der Waals surface area contributed by atoms with Gasteiger partial charge in [0.25, 0.3) is 5.91 Å². The number of nitrogens with zero attached hydrogens (tertiary/aromatic N) is 1. The molecule has 1 saturated heterocycles. The summed E-state index contributed by atoms with van der Waals surface area (Å²) < 4.78 is 0. The third kappa shape index (κ3) is 5.22. The van der Waals surface area contributed by atoms with E-state index in [2.05, 4.69) is 34.9 Å². The van der Waals surface area contributed by atoms with E-state index in [-0.39, 0.29) is 24.0 Å². The minimum Gasteiger partial charge on any atom is -0.388 e. The Morgan fingerprint density at radius 1 is 0.971 bits per heavy atom. The molecular weight excluding hydrogens is 442 g/mol. The highest BCUT2D eigenvalue weighted by molar-refractivity contribution is 6.04. The van der Waals surface area contributed by atoms with E-state index in [9.17, 15) is 19.8 Å². The number of nitrogens with one attached hydrogen (secondary N) is 2. The number of carbonyl (C=O) groups excluding carboxylic acids is 2. The molecule has 0 spiro atoms. The molecule has 2 aliphatic heterocycles. The number of amides is 2. The first-order chi connectivity index (χ1) is 16.9. The van der Waals surface area contributed by atoms with Crippen molar-refractivity contribution >= 4 is 28.3 Å². The first-order valence-corrected chi connectivity index (χ1v) is 12.1. The number of fused-ring (bicyclic) bond motifs is 1. The summed E-state index contributed by atoms with van der Waals surface area (Å²) >= 11 is 0. The van der Waals surface area contributed by atoms with Crippen molar-refractivity contribution in [2.24, 2.45) is 0 Å². The number of benzene rings is 3. The molecule has 7 heteroatoms. The van der Waals surface area contributed by atoms with Crippen LogP contribution in [0.3, 0.4) is 0 Å². The largest absolute Gasteiger partial charge is 0.388 e. The maximum Gasteiger partial charge on any atom is 0.260 e. The van der Waals surface area contributed by atoms with E-state index in [4.69, 9.17) is 0 Å². The fourth-order valence-corrected chi connectivity index (χ4v) is 4.98. The molecule has 6 rings (SSSR count). The zero-order valence-corrected chi connectivity index (χ0v) is 20.2. The summed E-state index contributed by atoms with van der Waals surface area (Å²) in [6.45, 7) is 3.35. The van der Waals surface area contributed by atoms with Crippen molar-refractivity contribution in [2.75, 3.05) is 25.0 Å². The third-order valence-electron chi connectivity index (χ3n) is 6.78. The number of hydrogen-bond donors (Lipinski definition) is 4. The van der Waals surface area contributed by atoms with Gasteiger partial charge in [-0.2, -0.15) is 0 Å². The maximum absolute atomic E-state index is 12.1. The molecule has 0 bridgehead atoms. The number of hydrogen-bond acceptors (Lipinski definition) is 5. The second-order valence-corrected chi connectivity index (χ2v) is 9.04. The number of aliphatic hydroxyl groups excluding tert-OH is 2. The van der Waals surface area contributed by atoms with Crippen LogP contribution < -0.4 is 15.5 Å². The second-order valence-electron chi connectivity index (χ2n) is 9.04.